The van der Waals surface area contributed by atoms with Gasteiger partial charge in [-0.05, 0) is 43.4 Å². The molecule has 1 aromatic rings. The predicted molar refractivity (Wildman–Crippen MR) is 101 cm³/mol. The fraction of sp³-hybridized carbons (Fsp3) is 0.762. The lowest BCUT2D eigenvalue weighted by Crippen LogP contribution is -2.47. The van der Waals surface area contributed by atoms with Crippen LogP contribution < -0.4 is 0 Å². The van der Waals surface area contributed by atoms with Crippen molar-refractivity contribution < 1.29 is 14.3 Å². The number of hydrogen-bond donors (Lipinski definition) is 0. The third-order valence-corrected chi connectivity index (χ3v) is 7.00. The Balaban J connectivity index is 1.47. The van der Waals surface area contributed by atoms with Crippen molar-refractivity contribution in [2.24, 2.45) is 30.7 Å². The highest BCUT2D eigenvalue weighted by atomic mass is 16.5. The molecule has 3 fully saturated rings. The van der Waals surface area contributed by atoms with E-state index in [2.05, 4.69) is 11.9 Å². The van der Waals surface area contributed by atoms with Gasteiger partial charge < -0.3 is 14.2 Å². The second-order valence-corrected chi connectivity index (χ2v) is 8.59. The molecule has 2 heterocycles. The monoisotopic (exact) mass is 373 g/mol. The maximum absolute atomic E-state index is 13.0. The van der Waals surface area contributed by atoms with Crippen LogP contribution in [0.2, 0.25) is 0 Å². The summed E-state index contributed by atoms with van der Waals surface area (Å²) in [7, 11) is 1.92. The summed E-state index contributed by atoms with van der Waals surface area (Å²) in [5.74, 6) is 1.88. The van der Waals surface area contributed by atoms with Gasteiger partial charge in [-0.2, -0.15) is 0 Å². The van der Waals surface area contributed by atoms with Gasteiger partial charge in [0.05, 0.1) is 36.8 Å². The number of carbonyl (C=O) groups is 2. The van der Waals surface area contributed by atoms with Crippen LogP contribution in [0, 0.1) is 23.7 Å². The molecule has 1 amide bonds. The summed E-state index contributed by atoms with van der Waals surface area (Å²) in [6, 6.07) is -0.271. The van der Waals surface area contributed by atoms with Gasteiger partial charge in [0.2, 0.25) is 5.91 Å². The number of hydrogen-bond acceptors (Lipinski definition) is 4. The number of carbonyl (C=O) groups excluding carboxylic acids is 2. The fourth-order valence-electron chi connectivity index (χ4n) is 5.56. The Kier molecular flexibility index (Phi) is 5.24. The smallest absolute Gasteiger partial charge is 0.311 e. The van der Waals surface area contributed by atoms with E-state index in [1.54, 1.807) is 12.5 Å². The lowest BCUT2D eigenvalue weighted by Gasteiger charge is -2.42. The average molecular weight is 373 g/mol. The van der Waals surface area contributed by atoms with Gasteiger partial charge in [-0.25, -0.2) is 4.98 Å². The van der Waals surface area contributed by atoms with E-state index in [0.717, 1.165) is 24.0 Å². The maximum atomic E-state index is 13.0. The van der Waals surface area contributed by atoms with Crippen LogP contribution in [-0.4, -0.2) is 39.5 Å². The van der Waals surface area contributed by atoms with Crippen molar-refractivity contribution in [2.45, 2.75) is 57.9 Å². The number of amides is 1. The van der Waals surface area contributed by atoms with E-state index in [1.807, 2.05) is 16.5 Å². The van der Waals surface area contributed by atoms with E-state index in [4.69, 9.17) is 4.74 Å². The normalized spacial score (nSPS) is 32.9. The van der Waals surface area contributed by atoms with Crippen molar-refractivity contribution in [2.75, 3.05) is 13.2 Å². The first-order chi connectivity index (χ1) is 13.1. The number of nitrogens with zero attached hydrogens (tertiary/aromatic N) is 3. The molecule has 148 valence electrons. The van der Waals surface area contributed by atoms with Crippen molar-refractivity contribution in [1.82, 2.24) is 14.5 Å². The van der Waals surface area contributed by atoms with Crippen molar-refractivity contribution in [3.8, 4) is 0 Å². The maximum Gasteiger partial charge on any atom is 0.311 e. The van der Waals surface area contributed by atoms with Gasteiger partial charge in [-0.1, -0.05) is 19.8 Å². The molecule has 0 N–H and O–H groups in total. The molecule has 27 heavy (non-hydrogen) atoms. The lowest BCUT2D eigenvalue weighted by molar-refractivity contribution is -0.160. The van der Waals surface area contributed by atoms with Crippen molar-refractivity contribution >= 4 is 11.9 Å². The van der Waals surface area contributed by atoms with Crippen LogP contribution in [0.25, 0.3) is 0 Å². The number of piperidine rings is 1. The Morgan fingerprint density at radius 1 is 1.33 bits per heavy atom. The minimum atomic E-state index is -0.302. The first kappa shape index (κ1) is 18.5. The Bertz CT molecular complexity index is 701. The lowest BCUT2D eigenvalue weighted by atomic mass is 9.67. The van der Waals surface area contributed by atoms with Crippen molar-refractivity contribution in [3.05, 3.63) is 18.2 Å². The molecule has 0 radical (unpaired) electrons. The van der Waals surface area contributed by atoms with Crippen LogP contribution in [0.3, 0.4) is 0 Å². The molecule has 2 aliphatic carbocycles. The fourth-order valence-corrected chi connectivity index (χ4v) is 5.56. The van der Waals surface area contributed by atoms with E-state index in [1.165, 1.54) is 25.7 Å². The summed E-state index contributed by atoms with van der Waals surface area (Å²) in [6.45, 7) is 3.27. The third-order valence-electron chi connectivity index (χ3n) is 7.00. The summed E-state index contributed by atoms with van der Waals surface area (Å²) in [6.07, 6.45) is 10.6. The molecule has 1 aromatic heterocycles. The zero-order chi connectivity index (χ0) is 19.0. The van der Waals surface area contributed by atoms with E-state index in [9.17, 15) is 9.59 Å². The number of aryl methyl sites for hydroxylation is 1. The highest BCUT2D eigenvalue weighted by Crippen LogP contribution is 2.51. The van der Waals surface area contributed by atoms with Gasteiger partial charge in [0, 0.05) is 20.0 Å². The van der Waals surface area contributed by atoms with Gasteiger partial charge in [0.25, 0.3) is 0 Å². The largest absolute Gasteiger partial charge is 0.465 e. The first-order valence-electron chi connectivity index (χ1n) is 10.5. The third kappa shape index (κ3) is 3.39. The number of fused-ring (bicyclic) bond motifs is 1. The Hall–Kier alpha value is -1.85. The first-order valence-corrected chi connectivity index (χ1v) is 10.5. The number of esters is 1. The topological polar surface area (TPSA) is 64.4 Å². The molecular weight excluding hydrogens is 342 g/mol. The molecule has 6 heteroatoms. The molecule has 2 saturated carbocycles. The van der Waals surface area contributed by atoms with E-state index < -0.39 is 0 Å². The molecule has 3 unspecified atom stereocenters. The van der Waals surface area contributed by atoms with Gasteiger partial charge in [-0.3, -0.25) is 9.59 Å². The Morgan fingerprint density at radius 2 is 2.19 bits per heavy atom. The number of rotatable bonds is 6. The second-order valence-electron chi connectivity index (χ2n) is 8.59. The second kappa shape index (κ2) is 7.64. The van der Waals surface area contributed by atoms with Crippen molar-refractivity contribution in [3.63, 3.8) is 0 Å². The van der Waals surface area contributed by atoms with Gasteiger partial charge in [0.15, 0.2) is 0 Å². The molecule has 0 bridgehead atoms. The van der Waals surface area contributed by atoms with Gasteiger partial charge in [0.1, 0.15) is 0 Å². The zero-order valence-corrected chi connectivity index (χ0v) is 16.5. The molecule has 0 spiro atoms. The van der Waals surface area contributed by atoms with Gasteiger partial charge >= 0.3 is 5.97 Å². The highest BCUT2D eigenvalue weighted by molar-refractivity contribution is 5.82. The molecule has 5 atom stereocenters. The van der Waals surface area contributed by atoms with Crippen LogP contribution >= 0.6 is 0 Å². The molecule has 3 aliphatic rings. The zero-order valence-electron chi connectivity index (χ0n) is 16.5. The Morgan fingerprint density at radius 3 is 2.89 bits per heavy atom. The number of imidazole rings is 1. The number of likely N-dealkylation sites (tertiary alicyclic amines) is 1. The Labute approximate surface area is 161 Å². The average Bonchev–Trinajstić information content (AvgIpc) is 3.22. The number of ether oxygens (including phenoxy) is 1. The summed E-state index contributed by atoms with van der Waals surface area (Å²) in [5.41, 5.74) is 0.915. The molecule has 1 aliphatic heterocycles. The van der Waals surface area contributed by atoms with E-state index >= 15 is 0 Å². The van der Waals surface area contributed by atoms with E-state index in [0.29, 0.717) is 31.9 Å². The van der Waals surface area contributed by atoms with Crippen LogP contribution in [0.4, 0.5) is 0 Å². The summed E-state index contributed by atoms with van der Waals surface area (Å²) in [4.78, 5) is 31.7. The van der Waals surface area contributed by atoms with Crippen LogP contribution in [0.5, 0.6) is 0 Å². The molecule has 1 saturated heterocycles. The number of aromatic nitrogens is 2. The SMILES string of the molecule is CCCN1C(=O)CC[C@H](C(=O)OCC2CC3CCCC32)[C@H]1c1cncn1C. The minimum Gasteiger partial charge on any atom is -0.465 e. The molecule has 6 nitrogen and oxygen atoms in total. The van der Waals surface area contributed by atoms with Crippen LogP contribution in [0.15, 0.2) is 12.5 Å². The molecular formula is C21H31N3O3. The van der Waals surface area contributed by atoms with Gasteiger partial charge in [-0.15, -0.1) is 0 Å². The highest BCUT2D eigenvalue weighted by Gasteiger charge is 2.46. The minimum absolute atomic E-state index is 0.125. The molecule has 4 rings (SSSR count). The summed E-state index contributed by atoms with van der Waals surface area (Å²) < 4.78 is 7.73. The van der Waals surface area contributed by atoms with Crippen molar-refractivity contribution in [1.29, 1.82) is 0 Å². The molecule has 0 aromatic carbocycles. The summed E-state index contributed by atoms with van der Waals surface area (Å²) >= 11 is 0. The predicted octanol–water partition coefficient (Wildman–Crippen LogP) is 3.09. The standard InChI is InChI=1S/C21H31N3O3/c1-3-9-24-19(25)8-7-17(20(24)18-11-22-13-23(18)2)21(26)27-12-15-10-14-5-4-6-16(14)15/h11,13-17,20H,3-10,12H2,1-2H3/t14?,15?,16?,17-,20-/m0/s1. The quantitative estimate of drug-likeness (QED) is 0.719. The summed E-state index contributed by atoms with van der Waals surface area (Å²) in [5, 5.41) is 0. The van der Waals surface area contributed by atoms with Crippen LogP contribution in [0.1, 0.15) is 63.6 Å². The van der Waals surface area contributed by atoms with Crippen LogP contribution in [-0.2, 0) is 21.4 Å². The van der Waals surface area contributed by atoms with E-state index in [-0.39, 0.29) is 23.8 Å².